The summed E-state index contributed by atoms with van der Waals surface area (Å²) in [7, 11) is -1.67. The Morgan fingerprint density at radius 3 is 2.21 bits per heavy atom. The molecule has 0 spiro atoms. The van der Waals surface area contributed by atoms with Crippen molar-refractivity contribution in [2.75, 3.05) is 4.67 Å². The molecular weight excluding hydrogens is 252 g/mol. The highest BCUT2D eigenvalue weighted by Gasteiger charge is 2.25. The van der Waals surface area contributed by atoms with E-state index in [0.717, 1.165) is 18.5 Å². The van der Waals surface area contributed by atoms with E-state index in [2.05, 4.69) is 36.3 Å². The van der Waals surface area contributed by atoms with E-state index in [1.807, 2.05) is 30.3 Å². The molecule has 3 nitrogen and oxygen atoms in total. The first-order valence-corrected chi connectivity index (χ1v) is 10.2. The second-order valence-corrected chi connectivity index (χ2v) is 10.4. The number of benzene rings is 1. The van der Waals surface area contributed by atoms with Crippen LogP contribution in [0.4, 0.5) is 5.69 Å². The van der Waals surface area contributed by atoms with Gasteiger partial charge in [0.1, 0.15) is 5.71 Å². The van der Waals surface area contributed by atoms with Crippen molar-refractivity contribution in [1.82, 2.24) is 0 Å². The zero-order chi connectivity index (χ0) is 14.5. The molecule has 0 N–H and O–H groups in total. The van der Waals surface area contributed by atoms with Gasteiger partial charge in [0.15, 0.2) is 14.0 Å². The molecule has 104 valence electrons. The molecule has 0 saturated heterocycles. The summed E-state index contributed by atoms with van der Waals surface area (Å²) < 4.78 is 2.07. The average molecular weight is 276 g/mol. The first kappa shape index (κ1) is 15.6. The number of para-hydroxylation sites is 1. The van der Waals surface area contributed by atoms with Gasteiger partial charge in [-0.25, -0.2) is 0 Å². The van der Waals surface area contributed by atoms with Crippen molar-refractivity contribution in [2.24, 2.45) is 5.10 Å². The number of carbonyl (C=O) groups excluding carboxylic acids is 1. The van der Waals surface area contributed by atoms with E-state index in [9.17, 15) is 4.79 Å². The van der Waals surface area contributed by atoms with Crippen molar-refractivity contribution in [3.63, 3.8) is 0 Å². The molecule has 0 amide bonds. The Kier molecular flexibility index (Phi) is 5.48. The van der Waals surface area contributed by atoms with E-state index in [4.69, 9.17) is 0 Å². The molecule has 0 aromatic heterocycles. The molecule has 0 unspecified atom stereocenters. The fraction of sp³-hybridized carbons (Fsp3) is 0.467. The van der Waals surface area contributed by atoms with Gasteiger partial charge < -0.3 is 0 Å². The van der Waals surface area contributed by atoms with Crippen molar-refractivity contribution in [1.29, 1.82) is 0 Å². The van der Waals surface area contributed by atoms with Gasteiger partial charge in [-0.3, -0.25) is 9.47 Å². The van der Waals surface area contributed by atoms with Gasteiger partial charge in [-0.2, -0.15) is 5.10 Å². The van der Waals surface area contributed by atoms with E-state index in [0.29, 0.717) is 5.71 Å². The molecule has 0 radical (unpaired) electrons. The zero-order valence-corrected chi connectivity index (χ0v) is 13.6. The summed E-state index contributed by atoms with van der Waals surface area (Å²) in [6.45, 7) is 10.4. The maximum atomic E-state index is 11.7. The fourth-order valence-corrected chi connectivity index (χ4v) is 3.16. The number of anilines is 1. The Morgan fingerprint density at radius 1 is 1.21 bits per heavy atom. The lowest BCUT2D eigenvalue weighted by Gasteiger charge is -2.32. The van der Waals surface area contributed by atoms with E-state index in [1.165, 1.54) is 0 Å². The molecule has 0 heterocycles. The number of rotatable bonds is 6. The largest absolute Gasteiger partial charge is 0.295 e. The lowest BCUT2D eigenvalue weighted by molar-refractivity contribution is -0.111. The number of ketones is 1. The average Bonchev–Trinajstić information content (AvgIpc) is 2.33. The van der Waals surface area contributed by atoms with Crippen LogP contribution in [-0.4, -0.2) is 19.7 Å². The van der Waals surface area contributed by atoms with Gasteiger partial charge in [-0.1, -0.05) is 31.5 Å². The Morgan fingerprint density at radius 2 is 1.79 bits per heavy atom. The molecule has 0 bridgehead atoms. The molecule has 0 fully saturated rings. The molecule has 0 aliphatic rings. The monoisotopic (exact) mass is 276 g/mol. The number of Topliss-reactive ketones (excluding diaryl/α,β-unsaturated/α-hetero) is 1. The molecule has 0 atom stereocenters. The smallest absolute Gasteiger partial charge is 0.176 e. The van der Waals surface area contributed by atoms with Gasteiger partial charge in [-0.05, 0) is 38.2 Å². The lowest BCUT2D eigenvalue weighted by Crippen LogP contribution is -2.43. The number of hydrogen-bond acceptors (Lipinski definition) is 3. The minimum atomic E-state index is -1.67. The van der Waals surface area contributed by atoms with Crippen molar-refractivity contribution < 1.29 is 4.79 Å². The molecule has 4 heteroatoms. The molecule has 1 rings (SSSR count). The van der Waals surface area contributed by atoms with Crippen molar-refractivity contribution >= 4 is 25.4 Å². The predicted octanol–water partition coefficient (Wildman–Crippen LogP) is 4.07. The Labute approximate surface area is 117 Å². The third-order valence-electron chi connectivity index (χ3n) is 2.75. The summed E-state index contributed by atoms with van der Waals surface area (Å²) in [5.41, 5.74) is 1.74. The predicted molar refractivity (Wildman–Crippen MR) is 85.3 cm³/mol. The van der Waals surface area contributed by atoms with E-state index in [1.54, 1.807) is 6.92 Å². The fourth-order valence-electron chi connectivity index (χ4n) is 1.82. The first-order chi connectivity index (χ1) is 8.86. The van der Waals surface area contributed by atoms with Gasteiger partial charge in [0.25, 0.3) is 0 Å². The number of nitrogens with zero attached hydrogens (tertiary/aromatic N) is 2. The highest BCUT2D eigenvalue weighted by molar-refractivity contribution is 6.79. The van der Waals surface area contributed by atoms with Gasteiger partial charge in [0.05, 0.1) is 0 Å². The van der Waals surface area contributed by atoms with Gasteiger partial charge in [0, 0.05) is 12.6 Å². The highest BCUT2D eigenvalue weighted by Crippen LogP contribution is 2.22. The second-order valence-electron chi connectivity index (χ2n) is 5.67. The molecule has 0 aliphatic carbocycles. The quantitative estimate of drug-likeness (QED) is 0.445. The SMILES string of the molecule is CCCC(=NN(c1ccccc1)[Si](C)(C)C)C(C)=O. The third kappa shape index (κ3) is 4.63. The van der Waals surface area contributed by atoms with Crippen LogP contribution < -0.4 is 4.67 Å². The lowest BCUT2D eigenvalue weighted by atomic mass is 10.2. The van der Waals surface area contributed by atoms with E-state index >= 15 is 0 Å². The number of hydrazone groups is 1. The molecule has 1 aromatic rings. The van der Waals surface area contributed by atoms with Crippen LogP contribution >= 0.6 is 0 Å². The van der Waals surface area contributed by atoms with Gasteiger partial charge in [0.2, 0.25) is 0 Å². The van der Waals surface area contributed by atoms with Crippen LogP contribution in [0.3, 0.4) is 0 Å². The standard InChI is InChI=1S/C15H24N2OSi/c1-6-10-15(13(2)18)16-17(19(3,4)5)14-11-8-7-9-12-14/h7-9,11-12H,6,10H2,1-5H3. The minimum Gasteiger partial charge on any atom is -0.295 e. The third-order valence-corrected chi connectivity index (χ3v) is 4.38. The molecule has 0 saturated carbocycles. The van der Waals surface area contributed by atoms with Crippen LogP contribution in [0.2, 0.25) is 19.6 Å². The van der Waals surface area contributed by atoms with Gasteiger partial charge in [-0.15, -0.1) is 0 Å². The maximum Gasteiger partial charge on any atom is 0.176 e. The summed E-state index contributed by atoms with van der Waals surface area (Å²) in [4.78, 5) is 11.7. The second kappa shape index (κ2) is 6.66. The number of carbonyl (C=O) groups is 1. The topological polar surface area (TPSA) is 32.7 Å². The summed E-state index contributed by atoms with van der Waals surface area (Å²) in [5.74, 6) is 0.0704. The van der Waals surface area contributed by atoms with Crippen LogP contribution in [0.15, 0.2) is 35.4 Å². The molecule has 19 heavy (non-hydrogen) atoms. The Bertz CT molecular complexity index is 449. The summed E-state index contributed by atoms with van der Waals surface area (Å²) in [5, 5.41) is 4.67. The Balaban J connectivity index is 3.19. The molecule has 0 aliphatic heterocycles. The molecule has 1 aromatic carbocycles. The van der Waals surface area contributed by atoms with E-state index in [-0.39, 0.29) is 5.78 Å². The van der Waals surface area contributed by atoms with Crippen LogP contribution in [-0.2, 0) is 4.79 Å². The van der Waals surface area contributed by atoms with Gasteiger partial charge >= 0.3 is 0 Å². The van der Waals surface area contributed by atoms with Crippen LogP contribution in [0.1, 0.15) is 26.7 Å². The summed E-state index contributed by atoms with van der Waals surface area (Å²) in [6.07, 6.45) is 1.68. The van der Waals surface area contributed by atoms with Crippen LogP contribution in [0.25, 0.3) is 0 Å². The summed E-state index contributed by atoms with van der Waals surface area (Å²) in [6, 6.07) is 10.1. The van der Waals surface area contributed by atoms with E-state index < -0.39 is 8.24 Å². The highest BCUT2D eigenvalue weighted by atomic mass is 28.3. The normalized spacial score (nSPS) is 12.4. The Hall–Kier alpha value is -1.42. The zero-order valence-electron chi connectivity index (χ0n) is 12.6. The van der Waals surface area contributed by atoms with Crippen LogP contribution in [0.5, 0.6) is 0 Å². The summed E-state index contributed by atoms with van der Waals surface area (Å²) >= 11 is 0. The minimum absolute atomic E-state index is 0.0704. The van der Waals surface area contributed by atoms with Crippen molar-refractivity contribution in [3.8, 4) is 0 Å². The van der Waals surface area contributed by atoms with Crippen molar-refractivity contribution in [3.05, 3.63) is 30.3 Å². The first-order valence-electron chi connectivity index (χ1n) is 6.80. The maximum absolute atomic E-state index is 11.7. The number of hydrogen-bond donors (Lipinski definition) is 0. The van der Waals surface area contributed by atoms with Crippen LogP contribution in [0, 0.1) is 0 Å². The van der Waals surface area contributed by atoms with Crippen molar-refractivity contribution in [2.45, 2.75) is 46.3 Å². The molecular formula is C15H24N2OSi.